The molecular weight excluding hydrogens is 236 g/mol. The summed E-state index contributed by atoms with van der Waals surface area (Å²) in [4.78, 5) is 16.0. The van der Waals surface area contributed by atoms with Crippen molar-refractivity contribution in [3.63, 3.8) is 0 Å². The Balaban J connectivity index is 2.24. The van der Waals surface area contributed by atoms with Crippen LogP contribution in [0.25, 0.3) is 0 Å². The predicted octanol–water partition coefficient (Wildman–Crippen LogP) is 3.30. The molecule has 0 saturated carbocycles. The van der Waals surface area contributed by atoms with Crippen LogP contribution in [0.15, 0.2) is 42.6 Å². The number of rotatable bonds is 2. The molecule has 1 N–H and O–H groups in total. The van der Waals surface area contributed by atoms with E-state index in [0.29, 0.717) is 16.3 Å². The zero-order chi connectivity index (χ0) is 12.3. The molecule has 1 aromatic carbocycles. The van der Waals surface area contributed by atoms with Crippen LogP contribution in [0.5, 0.6) is 0 Å². The van der Waals surface area contributed by atoms with Gasteiger partial charge in [-0.25, -0.2) is 0 Å². The van der Waals surface area contributed by atoms with Crippen molar-refractivity contribution in [2.24, 2.45) is 0 Å². The predicted molar refractivity (Wildman–Crippen MR) is 68.4 cm³/mol. The molecule has 2 aromatic rings. The SMILES string of the molecule is Cc1c(Cl)ccnc1C(=O)Nc1ccccc1. The molecule has 0 radical (unpaired) electrons. The third-order valence-corrected chi connectivity index (χ3v) is 2.79. The number of hydrogen-bond donors (Lipinski definition) is 1. The van der Waals surface area contributed by atoms with E-state index in [1.165, 1.54) is 6.20 Å². The average molecular weight is 247 g/mol. The minimum absolute atomic E-state index is 0.254. The van der Waals surface area contributed by atoms with Gasteiger partial charge in [0.2, 0.25) is 0 Å². The largest absolute Gasteiger partial charge is 0.321 e. The number of hydrogen-bond acceptors (Lipinski definition) is 2. The van der Waals surface area contributed by atoms with Crippen molar-refractivity contribution < 1.29 is 4.79 Å². The van der Waals surface area contributed by atoms with E-state index in [4.69, 9.17) is 11.6 Å². The van der Waals surface area contributed by atoms with E-state index in [-0.39, 0.29) is 5.91 Å². The number of aromatic nitrogens is 1. The number of amides is 1. The zero-order valence-electron chi connectivity index (χ0n) is 9.27. The molecule has 0 aliphatic carbocycles. The minimum Gasteiger partial charge on any atom is -0.321 e. The summed E-state index contributed by atoms with van der Waals surface area (Å²) in [7, 11) is 0. The Bertz CT molecular complexity index is 540. The Kier molecular flexibility index (Phi) is 3.40. The molecule has 0 bridgehead atoms. The van der Waals surface area contributed by atoms with Gasteiger partial charge in [-0.15, -0.1) is 0 Å². The molecule has 0 spiro atoms. The van der Waals surface area contributed by atoms with Crippen molar-refractivity contribution in [3.05, 3.63) is 58.9 Å². The summed E-state index contributed by atoms with van der Waals surface area (Å²) >= 11 is 5.94. The van der Waals surface area contributed by atoms with E-state index in [1.807, 2.05) is 30.3 Å². The Morgan fingerprint density at radius 2 is 1.94 bits per heavy atom. The van der Waals surface area contributed by atoms with E-state index in [2.05, 4.69) is 10.3 Å². The molecule has 1 aromatic heterocycles. The molecule has 3 nitrogen and oxygen atoms in total. The molecule has 86 valence electrons. The van der Waals surface area contributed by atoms with E-state index < -0.39 is 0 Å². The summed E-state index contributed by atoms with van der Waals surface area (Å²) in [6.07, 6.45) is 1.52. The van der Waals surface area contributed by atoms with Gasteiger partial charge in [-0.1, -0.05) is 29.8 Å². The highest BCUT2D eigenvalue weighted by atomic mass is 35.5. The number of anilines is 1. The molecule has 0 aliphatic heterocycles. The van der Waals surface area contributed by atoms with Gasteiger partial charge in [-0.3, -0.25) is 9.78 Å². The first-order chi connectivity index (χ1) is 8.18. The number of halogens is 1. The van der Waals surface area contributed by atoms with Crippen molar-refractivity contribution in [1.29, 1.82) is 0 Å². The molecule has 4 heteroatoms. The summed E-state index contributed by atoms with van der Waals surface area (Å²) < 4.78 is 0. The fraction of sp³-hybridized carbons (Fsp3) is 0.0769. The van der Waals surface area contributed by atoms with Gasteiger partial charge in [-0.05, 0) is 30.7 Å². The maximum Gasteiger partial charge on any atom is 0.274 e. The molecule has 0 atom stereocenters. The maximum atomic E-state index is 12.0. The number of carbonyl (C=O) groups excluding carboxylic acids is 1. The fourth-order valence-corrected chi connectivity index (χ4v) is 1.60. The van der Waals surface area contributed by atoms with Crippen molar-refractivity contribution in [1.82, 2.24) is 4.98 Å². The summed E-state index contributed by atoms with van der Waals surface area (Å²) in [5.74, 6) is -0.254. The van der Waals surface area contributed by atoms with Crippen molar-refractivity contribution in [3.8, 4) is 0 Å². The number of nitrogens with one attached hydrogen (secondary N) is 1. The van der Waals surface area contributed by atoms with E-state index in [9.17, 15) is 4.79 Å². The van der Waals surface area contributed by atoms with Gasteiger partial charge in [0.25, 0.3) is 5.91 Å². The number of pyridine rings is 1. The molecule has 0 fully saturated rings. The van der Waals surface area contributed by atoms with Gasteiger partial charge in [0.1, 0.15) is 5.69 Å². The molecule has 17 heavy (non-hydrogen) atoms. The van der Waals surface area contributed by atoms with Crippen LogP contribution in [-0.2, 0) is 0 Å². The van der Waals surface area contributed by atoms with E-state index >= 15 is 0 Å². The minimum atomic E-state index is -0.254. The normalized spacial score (nSPS) is 10.0. The van der Waals surface area contributed by atoms with Crippen LogP contribution in [0.2, 0.25) is 5.02 Å². The molecule has 0 unspecified atom stereocenters. The highest BCUT2D eigenvalue weighted by molar-refractivity contribution is 6.31. The average Bonchev–Trinajstić information content (AvgIpc) is 2.34. The smallest absolute Gasteiger partial charge is 0.274 e. The third kappa shape index (κ3) is 2.63. The lowest BCUT2D eigenvalue weighted by atomic mass is 10.2. The Morgan fingerprint density at radius 3 is 2.65 bits per heavy atom. The van der Waals surface area contributed by atoms with Crippen LogP contribution in [0.1, 0.15) is 16.1 Å². The van der Waals surface area contributed by atoms with Crippen molar-refractivity contribution in [2.45, 2.75) is 6.92 Å². The summed E-state index contributed by atoms with van der Waals surface area (Å²) in [5, 5.41) is 3.31. The lowest BCUT2D eigenvalue weighted by molar-refractivity contribution is 0.102. The van der Waals surface area contributed by atoms with Crippen LogP contribution >= 0.6 is 11.6 Å². The van der Waals surface area contributed by atoms with Gasteiger partial charge < -0.3 is 5.32 Å². The monoisotopic (exact) mass is 246 g/mol. The van der Waals surface area contributed by atoms with Gasteiger partial charge in [0.15, 0.2) is 0 Å². The maximum absolute atomic E-state index is 12.0. The first-order valence-electron chi connectivity index (χ1n) is 5.16. The Labute approximate surface area is 104 Å². The molecule has 2 rings (SSSR count). The van der Waals surface area contributed by atoms with Crippen LogP contribution < -0.4 is 5.32 Å². The lowest BCUT2D eigenvalue weighted by Gasteiger charge is -2.07. The number of carbonyl (C=O) groups is 1. The quantitative estimate of drug-likeness (QED) is 0.884. The highest BCUT2D eigenvalue weighted by Gasteiger charge is 2.12. The van der Waals surface area contributed by atoms with Crippen molar-refractivity contribution >= 4 is 23.2 Å². The summed E-state index contributed by atoms with van der Waals surface area (Å²) in [6, 6.07) is 10.9. The van der Waals surface area contributed by atoms with E-state index in [1.54, 1.807) is 13.0 Å². The van der Waals surface area contributed by atoms with Crippen molar-refractivity contribution in [2.75, 3.05) is 5.32 Å². The molecule has 0 aliphatic rings. The van der Waals surface area contributed by atoms with Crippen LogP contribution in [0, 0.1) is 6.92 Å². The second-order valence-corrected chi connectivity index (χ2v) is 3.99. The van der Waals surface area contributed by atoms with E-state index in [0.717, 1.165) is 5.69 Å². The van der Waals surface area contributed by atoms with Gasteiger partial charge in [-0.2, -0.15) is 0 Å². The molecule has 0 saturated heterocycles. The summed E-state index contributed by atoms with van der Waals surface area (Å²) in [5.41, 5.74) is 1.77. The molecular formula is C13H11ClN2O. The van der Waals surface area contributed by atoms with Gasteiger partial charge in [0.05, 0.1) is 0 Å². The van der Waals surface area contributed by atoms with Crippen LogP contribution in [-0.4, -0.2) is 10.9 Å². The number of benzene rings is 1. The fourth-order valence-electron chi connectivity index (χ4n) is 1.45. The molecule has 1 amide bonds. The number of nitrogens with zero attached hydrogens (tertiary/aromatic N) is 1. The summed E-state index contributed by atoms with van der Waals surface area (Å²) in [6.45, 7) is 1.77. The first kappa shape index (κ1) is 11.6. The second kappa shape index (κ2) is 4.97. The Hall–Kier alpha value is -1.87. The highest BCUT2D eigenvalue weighted by Crippen LogP contribution is 2.17. The Morgan fingerprint density at radius 1 is 1.24 bits per heavy atom. The van der Waals surface area contributed by atoms with Crippen LogP contribution in [0.3, 0.4) is 0 Å². The lowest BCUT2D eigenvalue weighted by Crippen LogP contribution is -2.15. The molecule has 1 heterocycles. The van der Waals surface area contributed by atoms with Gasteiger partial charge in [0, 0.05) is 16.9 Å². The number of para-hydroxylation sites is 1. The topological polar surface area (TPSA) is 42.0 Å². The standard InChI is InChI=1S/C13H11ClN2O/c1-9-11(14)7-8-15-12(9)13(17)16-10-5-3-2-4-6-10/h2-8H,1H3,(H,16,17). The zero-order valence-corrected chi connectivity index (χ0v) is 10.0. The first-order valence-corrected chi connectivity index (χ1v) is 5.54. The van der Waals surface area contributed by atoms with Gasteiger partial charge >= 0.3 is 0 Å². The second-order valence-electron chi connectivity index (χ2n) is 3.59. The third-order valence-electron chi connectivity index (χ3n) is 2.38. The van der Waals surface area contributed by atoms with Crippen LogP contribution in [0.4, 0.5) is 5.69 Å².